The van der Waals surface area contributed by atoms with Crippen molar-refractivity contribution in [2.45, 2.75) is 31.7 Å². The molecular weight excluding hydrogens is 378 g/mol. The summed E-state index contributed by atoms with van der Waals surface area (Å²) in [5.74, 6) is 1.66. The van der Waals surface area contributed by atoms with Gasteiger partial charge in [-0.15, -0.1) is 0 Å². The smallest absolute Gasteiger partial charge is 0.236 e. The fraction of sp³-hybridized carbons (Fsp3) is 0.550. The summed E-state index contributed by atoms with van der Waals surface area (Å²) in [6.07, 6.45) is 6.94. The molecule has 2 aliphatic carbocycles. The number of benzene rings is 1. The van der Waals surface area contributed by atoms with Crippen LogP contribution in [0.4, 0.5) is 0 Å². The van der Waals surface area contributed by atoms with Crippen LogP contribution in [-0.4, -0.2) is 55.0 Å². The molecule has 3 fully saturated rings. The number of sulfonamides is 1. The third-order valence-electron chi connectivity index (χ3n) is 6.16. The first-order valence-electron chi connectivity index (χ1n) is 9.80. The predicted octanol–water partition coefficient (Wildman–Crippen LogP) is 2.67. The summed E-state index contributed by atoms with van der Waals surface area (Å²) in [7, 11) is -3.40. The van der Waals surface area contributed by atoms with Gasteiger partial charge in [0, 0.05) is 37.6 Å². The van der Waals surface area contributed by atoms with Crippen molar-refractivity contribution in [3.05, 3.63) is 41.3 Å². The van der Waals surface area contributed by atoms with Gasteiger partial charge in [-0.05, 0) is 55.0 Å². The van der Waals surface area contributed by atoms with Crippen molar-refractivity contribution in [3.63, 3.8) is 0 Å². The third kappa shape index (κ3) is 4.36. The summed E-state index contributed by atoms with van der Waals surface area (Å²) < 4.78 is 26.7. The van der Waals surface area contributed by atoms with E-state index in [-0.39, 0.29) is 0 Å². The average molecular weight is 406 g/mol. The van der Waals surface area contributed by atoms with Crippen LogP contribution in [0.3, 0.4) is 0 Å². The molecular formula is C20H27N3O2S2. The zero-order valence-electron chi connectivity index (χ0n) is 15.5. The second-order valence-electron chi connectivity index (χ2n) is 7.88. The SMILES string of the molecule is O=S(=O)(C=Cc1ccccc1)N1CCN(C(=S)NC2CC3CCC2C3)CC1. The van der Waals surface area contributed by atoms with Crippen LogP contribution >= 0.6 is 12.2 Å². The largest absolute Gasteiger partial charge is 0.360 e. The summed E-state index contributed by atoms with van der Waals surface area (Å²) in [4.78, 5) is 2.12. The molecule has 1 aliphatic heterocycles. The molecule has 3 unspecified atom stereocenters. The van der Waals surface area contributed by atoms with Crippen LogP contribution < -0.4 is 5.32 Å². The Balaban J connectivity index is 1.29. The molecule has 1 N–H and O–H groups in total. The lowest BCUT2D eigenvalue weighted by molar-refractivity contribution is 0.260. The van der Waals surface area contributed by atoms with E-state index >= 15 is 0 Å². The number of thiocarbonyl (C=S) groups is 1. The van der Waals surface area contributed by atoms with E-state index in [2.05, 4.69) is 10.2 Å². The van der Waals surface area contributed by atoms with E-state index in [1.165, 1.54) is 31.1 Å². The Labute approximate surface area is 167 Å². The fourth-order valence-electron chi connectivity index (χ4n) is 4.63. The molecule has 1 aromatic carbocycles. The maximum absolute atomic E-state index is 12.6. The quantitative estimate of drug-likeness (QED) is 0.781. The molecule has 3 atom stereocenters. The molecule has 0 radical (unpaired) electrons. The molecule has 0 amide bonds. The van der Waals surface area contributed by atoms with Crippen molar-refractivity contribution in [3.8, 4) is 0 Å². The van der Waals surface area contributed by atoms with Crippen molar-refractivity contribution < 1.29 is 8.42 Å². The molecule has 146 valence electrons. The number of nitrogens with one attached hydrogen (secondary N) is 1. The van der Waals surface area contributed by atoms with E-state index in [4.69, 9.17) is 12.2 Å². The summed E-state index contributed by atoms with van der Waals surface area (Å²) in [5, 5.41) is 5.66. The van der Waals surface area contributed by atoms with E-state index in [1.807, 2.05) is 30.3 Å². The Kier molecular flexibility index (Phi) is 5.53. The van der Waals surface area contributed by atoms with Gasteiger partial charge in [0.25, 0.3) is 0 Å². The van der Waals surface area contributed by atoms with E-state index in [1.54, 1.807) is 10.4 Å². The van der Waals surface area contributed by atoms with Crippen molar-refractivity contribution in [2.75, 3.05) is 26.2 Å². The molecule has 3 aliphatic rings. The summed E-state index contributed by atoms with van der Waals surface area (Å²) in [6.45, 7) is 2.23. The normalized spacial score (nSPS) is 28.7. The third-order valence-corrected chi connectivity index (χ3v) is 8.11. The molecule has 1 saturated heterocycles. The van der Waals surface area contributed by atoms with Gasteiger partial charge in [-0.2, -0.15) is 4.31 Å². The van der Waals surface area contributed by atoms with Gasteiger partial charge in [0.2, 0.25) is 10.0 Å². The number of hydrogen-bond donors (Lipinski definition) is 1. The number of fused-ring (bicyclic) bond motifs is 2. The summed E-state index contributed by atoms with van der Waals surface area (Å²) in [5.41, 5.74) is 0.885. The Morgan fingerprint density at radius 1 is 1.07 bits per heavy atom. The molecule has 2 saturated carbocycles. The second-order valence-corrected chi connectivity index (χ2v) is 10.1. The minimum absolute atomic E-state index is 0.472. The standard InChI is InChI=1S/C20H27N3O2S2/c24-27(25,13-8-16-4-2-1-3-5-16)23-11-9-22(10-12-23)20(26)21-19-15-17-6-7-18(19)14-17/h1-5,8,13,17-19H,6-7,9-12,14-15H2,(H,21,26). The highest BCUT2D eigenvalue weighted by atomic mass is 32.2. The van der Waals surface area contributed by atoms with E-state index in [9.17, 15) is 8.42 Å². The Bertz CT molecular complexity index is 802. The molecule has 1 heterocycles. The Morgan fingerprint density at radius 2 is 1.81 bits per heavy atom. The summed E-state index contributed by atoms with van der Waals surface area (Å²) >= 11 is 5.61. The van der Waals surface area contributed by atoms with Crippen LogP contribution in [0.15, 0.2) is 35.7 Å². The van der Waals surface area contributed by atoms with Gasteiger partial charge in [0.1, 0.15) is 0 Å². The van der Waals surface area contributed by atoms with Gasteiger partial charge in [-0.25, -0.2) is 8.42 Å². The molecule has 27 heavy (non-hydrogen) atoms. The van der Waals surface area contributed by atoms with Gasteiger partial charge >= 0.3 is 0 Å². The van der Waals surface area contributed by atoms with Crippen molar-refractivity contribution >= 4 is 33.4 Å². The first-order valence-corrected chi connectivity index (χ1v) is 11.7. The van der Waals surface area contributed by atoms with Crippen LogP contribution in [0, 0.1) is 11.8 Å². The first kappa shape index (κ1) is 18.9. The first-order chi connectivity index (χ1) is 13.0. The monoisotopic (exact) mass is 405 g/mol. The minimum atomic E-state index is -3.40. The van der Waals surface area contributed by atoms with E-state index < -0.39 is 10.0 Å². The van der Waals surface area contributed by atoms with E-state index in [0.29, 0.717) is 32.2 Å². The topological polar surface area (TPSA) is 52.7 Å². The average Bonchev–Trinajstić information content (AvgIpc) is 3.30. The maximum Gasteiger partial charge on any atom is 0.236 e. The van der Waals surface area contributed by atoms with Gasteiger partial charge < -0.3 is 10.2 Å². The molecule has 5 nitrogen and oxygen atoms in total. The lowest BCUT2D eigenvalue weighted by Gasteiger charge is -2.36. The number of rotatable bonds is 4. The van der Waals surface area contributed by atoms with Crippen molar-refractivity contribution in [2.24, 2.45) is 11.8 Å². The lowest BCUT2D eigenvalue weighted by Crippen LogP contribution is -2.54. The molecule has 0 spiro atoms. The zero-order valence-corrected chi connectivity index (χ0v) is 17.1. The number of nitrogens with zero attached hydrogens (tertiary/aromatic N) is 2. The summed E-state index contributed by atoms with van der Waals surface area (Å²) in [6, 6.07) is 10.0. The van der Waals surface area contributed by atoms with Crippen molar-refractivity contribution in [1.29, 1.82) is 0 Å². The molecule has 4 rings (SSSR count). The molecule has 0 aromatic heterocycles. The lowest BCUT2D eigenvalue weighted by atomic mass is 9.95. The maximum atomic E-state index is 12.6. The van der Waals surface area contributed by atoms with Crippen LogP contribution in [0.2, 0.25) is 0 Å². The van der Waals surface area contributed by atoms with Crippen LogP contribution in [-0.2, 0) is 10.0 Å². The van der Waals surface area contributed by atoms with Gasteiger partial charge in [0.15, 0.2) is 5.11 Å². The highest BCUT2D eigenvalue weighted by Gasteiger charge is 2.40. The van der Waals surface area contributed by atoms with Crippen molar-refractivity contribution in [1.82, 2.24) is 14.5 Å². The molecule has 7 heteroatoms. The number of piperazine rings is 1. The molecule has 2 bridgehead atoms. The van der Waals surface area contributed by atoms with Crippen LogP contribution in [0.5, 0.6) is 0 Å². The minimum Gasteiger partial charge on any atom is -0.360 e. The van der Waals surface area contributed by atoms with Crippen LogP contribution in [0.1, 0.15) is 31.2 Å². The second kappa shape index (κ2) is 7.89. The van der Waals surface area contributed by atoms with Gasteiger partial charge in [-0.3, -0.25) is 0 Å². The van der Waals surface area contributed by atoms with Crippen LogP contribution in [0.25, 0.3) is 6.08 Å². The Hall–Kier alpha value is -1.44. The Morgan fingerprint density at radius 3 is 2.44 bits per heavy atom. The predicted molar refractivity (Wildman–Crippen MR) is 113 cm³/mol. The molecule has 1 aromatic rings. The zero-order chi connectivity index (χ0) is 18.9. The fourth-order valence-corrected chi connectivity index (χ4v) is 6.14. The number of hydrogen-bond acceptors (Lipinski definition) is 3. The van der Waals surface area contributed by atoms with E-state index in [0.717, 1.165) is 22.5 Å². The highest BCUT2D eigenvalue weighted by Crippen LogP contribution is 2.44. The highest BCUT2D eigenvalue weighted by molar-refractivity contribution is 7.92. The van der Waals surface area contributed by atoms with Gasteiger partial charge in [-0.1, -0.05) is 36.8 Å². The van der Waals surface area contributed by atoms with Gasteiger partial charge in [0.05, 0.1) is 0 Å².